The van der Waals surface area contributed by atoms with Crippen LogP contribution in [0, 0.1) is 13.1 Å². The first-order valence-electron chi connectivity index (χ1n) is 3.90. The first-order chi connectivity index (χ1) is 5.68. The molecule has 0 spiro atoms. The molecule has 0 fully saturated rings. The van der Waals surface area contributed by atoms with Crippen molar-refractivity contribution in [2.75, 3.05) is 0 Å². The number of hydrogen-bond donors (Lipinski definition) is 2. The van der Waals surface area contributed by atoms with E-state index in [4.69, 9.17) is 5.73 Å². The van der Waals surface area contributed by atoms with Gasteiger partial charge in [-0.05, 0) is 19.8 Å². The number of carbonyl (C=O) groups excluding carboxylic acids is 1. The Kier molecular flexibility index (Phi) is 2.85. The van der Waals surface area contributed by atoms with Crippen molar-refractivity contribution in [2.45, 2.75) is 26.2 Å². The number of primary amides is 1. The molecule has 0 saturated carbocycles. The highest BCUT2D eigenvalue weighted by molar-refractivity contribution is 5.73. The summed E-state index contributed by atoms with van der Waals surface area (Å²) in [5.41, 5.74) is 5.93. The van der Waals surface area contributed by atoms with Crippen molar-refractivity contribution in [3.63, 3.8) is 0 Å². The Labute approximate surface area is 71.2 Å². The summed E-state index contributed by atoms with van der Waals surface area (Å²) in [6, 6.07) is 0. The zero-order valence-corrected chi connectivity index (χ0v) is 7.05. The van der Waals surface area contributed by atoms with Gasteiger partial charge >= 0.3 is 0 Å². The maximum Gasteiger partial charge on any atom is 0.217 e. The minimum atomic E-state index is -0.258. The summed E-state index contributed by atoms with van der Waals surface area (Å²) in [6.45, 7) is 1.87. The minimum absolute atomic E-state index is 0.258. The summed E-state index contributed by atoms with van der Waals surface area (Å²) in [6.07, 6.45) is 4.78. The number of imidazole rings is 1. The molecule has 0 saturated heterocycles. The van der Waals surface area contributed by atoms with Crippen molar-refractivity contribution in [2.24, 2.45) is 5.73 Å². The molecule has 1 heterocycles. The number of nitrogens with two attached hydrogens (primary N) is 1. The van der Waals surface area contributed by atoms with Gasteiger partial charge in [0.15, 0.2) is 0 Å². The predicted molar refractivity (Wildman–Crippen MR) is 44.3 cm³/mol. The van der Waals surface area contributed by atoms with Crippen molar-refractivity contribution >= 4 is 5.91 Å². The maximum atomic E-state index is 10.4. The lowest BCUT2D eigenvalue weighted by atomic mass is 10.2. The molecular weight excluding hydrogens is 154 g/mol. The molecular formula is C8H12N3O. The summed E-state index contributed by atoms with van der Waals surface area (Å²) in [5, 5.41) is 0. The van der Waals surface area contributed by atoms with Crippen molar-refractivity contribution < 1.29 is 4.79 Å². The Morgan fingerprint density at radius 3 is 3.00 bits per heavy atom. The molecule has 0 unspecified atom stereocenters. The first-order valence-corrected chi connectivity index (χ1v) is 3.90. The van der Waals surface area contributed by atoms with E-state index in [1.807, 2.05) is 6.92 Å². The summed E-state index contributed by atoms with van der Waals surface area (Å²) in [7, 11) is 0. The molecule has 1 amide bonds. The molecule has 0 atom stereocenters. The predicted octanol–water partition coefficient (Wildman–Crippen LogP) is 0.326. The summed E-state index contributed by atoms with van der Waals surface area (Å²) in [4.78, 5) is 17.3. The van der Waals surface area contributed by atoms with E-state index in [1.165, 1.54) is 0 Å². The average Bonchev–Trinajstić information content (AvgIpc) is 2.35. The number of hydrogen-bond acceptors (Lipinski definition) is 2. The fourth-order valence-corrected chi connectivity index (χ4v) is 0.983. The van der Waals surface area contributed by atoms with Crippen molar-refractivity contribution in [1.29, 1.82) is 0 Å². The Balaban J connectivity index is 2.29. The monoisotopic (exact) mass is 166 g/mol. The molecule has 0 aliphatic rings. The standard InChI is InChI=1S/C8H12N3O/c1-6-10-5-7(11-6)3-2-4-8(9)12/h2-4H2,1H3,(H2,9,12)(H,10,11). The number of aryl methyl sites for hydroxylation is 2. The van der Waals surface area contributed by atoms with Crippen LogP contribution in [0.4, 0.5) is 0 Å². The third kappa shape index (κ3) is 2.74. The van der Waals surface area contributed by atoms with Crippen LogP contribution < -0.4 is 5.73 Å². The van der Waals surface area contributed by atoms with Crippen molar-refractivity contribution in [3.8, 4) is 0 Å². The Bertz CT molecular complexity index is 267. The molecule has 3 N–H and O–H groups in total. The van der Waals surface area contributed by atoms with Crippen LogP contribution in [0.5, 0.6) is 0 Å². The number of nitrogens with one attached hydrogen (secondary N) is 1. The zero-order valence-electron chi connectivity index (χ0n) is 7.05. The average molecular weight is 166 g/mol. The van der Waals surface area contributed by atoms with E-state index in [0.717, 1.165) is 24.4 Å². The van der Waals surface area contributed by atoms with Crippen LogP contribution in [0.1, 0.15) is 24.4 Å². The molecule has 65 valence electrons. The Hall–Kier alpha value is -1.32. The fourth-order valence-electron chi connectivity index (χ4n) is 0.983. The topological polar surface area (TPSA) is 71.8 Å². The molecule has 0 aliphatic carbocycles. The van der Waals surface area contributed by atoms with Crippen LogP contribution >= 0.6 is 0 Å². The summed E-state index contributed by atoms with van der Waals surface area (Å²) in [5.74, 6) is 0.593. The van der Waals surface area contributed by atoms with Gasteiger partial charge in [-0.25, -0.2) is 4.98 Å². The highest BCUT2D eigenvalue weighted by atomic mass is 16.1. The quantitative estimate of drug-likeness (QED) is 0.676. The Morgan fingerprint density at radius 2 is 2.50 bits per heavy atom. The number of carbonyl (C=O) groups is 1. The van der Waals surface area contributed by atoms with Crippen LogP contribution in [-0.2, 0) is 11.2 Å². The maximum absolute atomic E-state index is 10.4. The lowest BCUT2D eigenvalue weighted by Crippen LogP contribution is -2.10. The van der Waals surface area contributed by atoms with Gasteiger partial charge in [0.2, 0.25) is 5.91 Å². The van der Waals surface area contributed by atoms with Gasteiger partial charge in [-0.15, -0.1) is 0 Å². The van der Waals surface area contributed by atoms with Gasteiger partial charge in [-0.2, -0.15) is 0 Å². The first kappa shape index (κ1) is 8.77. The second kappa shape index (κ2) is 3.90. The van der Waals surface area contributed by atoms with E-state index in [-0.39, 0.29) is 5.91 Å². The number of H-pyrrole nitrogens is 1. The second-order valence-corrected chi connectivity index (χ2v) is 2.73. The molecule has 4 nitrogen and oxygen atoms in total. The van der Waals surface area contributed by atoms with Gasteiger partial charge in [-0.3, -0.25) is 4.79 Å². The number of aromatic nitrogens is 2. The van der Waals surface area contributed by atoms with Gasteiger partial charge in [-0.1, -0.05) is 0 Å². The smallest absolute Gasteiger partial charge is 0.217 e. The van der Waals surface area contributed by atoms with Gasteiger partial charge in [0.05, 0.1) is 0 Å². The molecule has 0 aliphatic heterocycles. The summed E-state index contributed by atoms with van der Waals surface area (Å²) < 4.78 is 0. The molecule has 0 bridgehead atoms. The number of rotatable bonds is 4. The third-order valence-electron chi connectivity index (χ3n) is 1.54. The van der Waals surface area contributed by atoms with Gasteiger partial charge in [0, 0.05) is 12.1 Å². The SMILES string of the molecule is Cc1n[c]c(CCCC(N)=O)[nH]1. The molecule has 12 heavy (non-hydrogen) atoms. The third-order valence-corrected chi connectivity index (χ3v) is 1.54. The van der Waals surface area contributed by atoms with E-state index in [2.05, 4.69) is 16.2 Å². The van der Waals surface area contributed by atoms with Crippen LogP contribution in [-0.4, -0.2) is 15.9 Å². The molecule has 1 aromatic rings. The molecule has 0 aromatic carbocycles. The zero-order chi connectivity index (χ0) is 8.97. The molecule has 1 aromatic heterocycles. The minimum Gasteiger partial charge on any atom is -0.370 e. The Morgan fingerprint density at radius 1 is 1.75 bits per heavy atom. The van der Waals surface area contributed by atoms with Crippen molar-refractivity contribution in [1.82, 2.24) is 9.97 Å². The van der Waals surface area contributed by atoms with Gasteiger partial charge in [0.25, 0.3) is 0 Å². The largest absolute Gasteiger partial charge is 0.370 e. The molecule has 4 heteroatoms. The number of amides is 1. The number of aromatic amines is 1. The molecule has 1 rings (SSSR count). The van der Waals surface area contributed by atoms with Crippen LogP contribution in [0.2, 0.25) is 0 Å². The van der Waals surface area contributed by atoms with Crippen LogP contribution in [0.15, 0.2) is 0 Å². The normalized spacial score (nSPS) is 10.1. The lowest BCUT2D eigenvalue weighted by Gasteiger charge is -1.93. The highest BCUT2D eigenvalue weighted by Gasteiger charge is 1.99. The van der Waals surface area contributed by atoms with Crippen LogP contribution in [0.25, 0.3) is 0 Å². The van der Waals surface area contributed by atoms with Gasteiger partial charge < -0.3 is 10.7 Å². The summed E-state index contributed by atoms with van der Waals surface area (Å²) >= 11 is 0. The highest BCUT2D eigenvalue weighted by Crippen LogP contribution is 2.00. The number of nitrogens with zero attached hydrogens (tertiary/aromatic N) is 1. The van der Waals surface area contributed by atoms with E-state index in [1.54, 1.807) is 0 Å². The van der Waals surface area contributed by atoms with E-state index in [9.17, 15) is 4.79 Å². The van der Waals surface area contributed by atoms with Crippen LogP contribution in [0.3, 0.4) is 0 Å². The van der Waals surface area contributed by atoms with Gasteiger partial charge in [0.1, 0.15) is 12.0 Å². The van der Waals surface area contributed by atoms with E-state index in [0.29, 0.717) is 6.42 Å². The van der Waals surface area contributed by atoms with Crippen molar-refractivity contribution in [3.05, 3.63) is 17.7 Å². The lowest BCUT2D eigenvalue weighted by molar-refractivity contribution is -0.118. The molecule has 1 radical (unpaired) electrons. The second-order valence-electron chi connectivity index (χ2n) is 2.73. The fraction of sp³-hybridized carbons (Fsp3) is 0.500. The van der Waals surface area contributed by atoms with E-state index >= 15 is 0 Å². The van der Waals surface area contributed by atoms with E-state index < -0.39 is 0 Å².